The van der Waals surface area contributed by atoms with Gasteiger partial charge in [0.05, 0.1) is 6.10 Å². The molecule has 0 radical (unpaired) electrons. The number of allylic oxidation sites excluding steroid dienone is 3. The molecule has 3 saturated carbocycles. The third-order valence-electron chi connectivity index (χ3n) is 9.62. The maximum atomic E-state index is 13.5. The second-order valence-electron chi connectivity index (χ2n) is 11.3. The fourth-order valence-electron chi connectivity index (χ4n) is 7.93. The molecule has 4 nitrogen and oxygen atoms in total. The van der Waals surface area contributed by atoms with Gasteiger partial charge in [0.1, 0.15) is 17.5 Å². The number of halogens is 1. The number of rotatable bonds is 2. The van der Waals surface area contributed by atoms with Crippen LogP contribution in [0.1, 0.15) is 64.4 Å². The van der Waals surface area contributed by atoms with Gasteiger partial charge in [-0.25, -0.2) is 4.39 Å². The minimum atomic E-state index is -0.675. The number of nitrogens with zero attached hydrogens (tertiary/aromatic N) is 1. The van der Waals surface area contributed by atoms with E-state index in [1.807, 2.05) is 6.08 Å². The van der Waals surface area contributed by atoms with E-state index in [1.54, 1.807) is 12.1 Å². The molecule has 0 unspecified atom stereocenters. The molecule has 3 fully saturated rings. The van der Waals surface area contributed by atoms with E-state index in [2.05, 4.69) is 26.0 Å². The van der Waals surface area contributed by atoms with Gasteiger partial charge in [-0.1, -0.05) is 43.7 Å². The molecule has 1 amide bonds. The summed E-state index contributed by atoms with van der Waals surface area (Å²) < 4.78 is 13.5. The second-order valence-corrected chi connectivity index (χ2v) is 11.3. The molecule has 0 heterocycles. The van der Waals surface area contributed by atoms with Crippen LogP contribution in [0.15, 0.2) is 52.6 Å². The standard InChI is InChI=1S/C29H33FN2O2/c1-28-11-9-21(33)15-19(28)5-8-22-24(28)10-12-29(2)25(22)14-18(26(29)23(16-31)27(32)34)13-17-3-6-20(30)7-4-17/h3-7,13,21-22,24-25,33H,8-12,14-15H2,1-2H3,(H2,32,34)/b18-13+,26-23+/t21-,22+,24-,25-,28-,29-/m0/s1. The van der Waals surface area contributed by atoms with Gasteiger partial charge < -0.3 is 10.8 Å². The Morgan fingerprint density at radius 2 is 1.85 bits per heavy atom. The Morgan fingerprint density at radius 3 is 2.53 bits per heavy atom. The fraction of sp³-hybridized carbons (Fsp3) is 0.517. The highest BCUT2D eigenvalue weighted by Gasteiger charge is 2.59. The van der Waals surface area contributed by atoms with Gasteiger partial charge in [0, 0.05) is 0 Å². The van der Waals surface area contributed by atoms with Gasteiger partial charge in [-0.2, -0.15) is 5.26 Å². The van der Waals surface area contributed by atoms with Crippen molar-refractivity contribution in [3.63, 3.8) is 0 Å². The van der Waals surface area contributed by atoms with Gasteiger partial charge in [-0.15, -0.1) is 0 Å². The Kier molecular flexibility index (Phi) is 5.56. The van der Waals surface area contributed by atoms with Crippen LogP contribution >= 0.6 is 0 Å². The number of primary amides is 1. The number of fused-ring (bicyclic) bond motifs is 5. The van der Waals surface area contributed by atoms with Gasteiger partial charge in [-0.3, -0.25) is 4.79 Å². The van der Waals surface area contributed by atoms with E-state index in [-0.39, 0.29) is 28.3 Å². The molecule has 4 aliphatic carbocycles. The van der Waals surface area contributed by atoms with Crippen LogP contribution in [0.5, 0.6) is 0 Å². The van der Waals surface area contributed by atoms with Crippen molar-refractivity contribution in [3.05, 3.63) is 64.0 Å². The van der Waals surface area contributed by atoms with Crippen molar-refractivity contribution in [2.24, 2.45) is 34.3 Å². The Hall–Kier alpha value is -2.71. The summed E-state index contributed by atoms with van der Waals surface area (Å²) in [5.74, 6) is 0.314. The van der Waals surface area contributed by atoms with Crippen LogP contribution in [0, 0.1) is 45.7 Å². The monoisotopic (exact) mass is 460 g/mol. The lowest BCUT2D eigenvalue weighted by molar-refractivity contribution is -0.114. The van der Waals surface area contributed by atoms with Crippen LogP contribution in [0.4, 0.5) is 4.39 Å². The lowest BCUT2D eigenvalue weighted by atomic mass is 9.47. The summed E-state index contributed by atoms with van der Waals surface area (Å²) in [6, 6.07) is 8.44. The third kappa shape index (κ3) is 3.46. The lowest BCUT2D eigenvalue weighted by Crippen LogP contribution is -2.49. The van der Waals surface area contributed by atoms with E-state index in [0.717, 1.165) is 61.7 Å². The molecule has 34 heavy (non-hydrogen) atoms. The quantitative estimate of drug-likeness (QED) is 0.350. The number of benzene rings is 1. The van der Waals surface area contributed by atoms with E-state index in [4.69, 9.17) is 5.73 Å². The molecule has 1 aromatic carbocycles. The van der Waals surface area contributed by atoms with Gasteiger partial charge in [-0.05, 0) is 102 Å². The molecule has 1 aromatic rings. The summed E-state index contributed by atoms with van der Waals surface area (Å²) in [7, 11) is 0. The molecule has 0 bridgehead atoms. The SMILES string of the molecule is C[C@]12CC[C@H](O)CC1=CC[C@@H]1[C@@H]2CC[C@]2(C)C(=C(\C#N)C(N)=O)/C(=C/c3ccc(F)cc3)C[C@@H]12. The zero-order chi connectivity index (χ0) is 24.3. The van der Waals surface area contributed by atoms with Gasteiger partial charge in [0.2, 0.25) is 0 Å². The van der Waals surface area contributed by atoms with E-state index in [0.29, 0.717) is 17.8 Å². The number of nitrogens with two attached hydrogens (primary N) is 1. The van der Waals surface area contributed by atoms with Crippen LogP contribution < -0.4 is 5.73 Å². The molecule has 5 heteroatoms. The topological polar surface area (TPSA) is 87.1 Å². The molecule has 3 N–H and O–H groups in total. The molecule has 0 aromatic heterocycles. The van der Waals surface area contributed by atoms with Crippen molar-refractivity contribution < 1.29 is 14.3 Å². The maximum absolute atomic E-state index is 13.5. The predicted octanol–water partition coefficient (Wildman–Crippen LogP) is 5.45. The number of aliphatic hydroxyl groups excluding tert-OH is 1. The van der Waals surface area contributed by atoms with Crippen molar-refractivity contribution in [1.29, 1.82) is 5.26 Å². The molecule has 0 saturated heterocycles. The average Bonchev–Trinajstić information content (AvgIpc) is 3.08. The van der Waals surface area contributed by atoms with Crippen molar-refractivity contribution in [2.75, 3.05) is 0 Å². The van der Waals surface area contributed by atoms with Gasteiger partial charge in [0.25, 0.3) is 5.91 Å². The summed E-state index contributed by atoms with van der Waals surface area (Å²) in [5.41, 5.74) is 9.63. The number of carbonyl (C=O) groups excluding carboxylic acids is 1. The average molecular weight is 461 g/mol. The molecule has 4 aliphatic rings. The number of hydrogen-bond acceptors (Lipinski definition) is 3. The highest BCUT2D eigenvalue weighted by molar-refractivity contribution is 5.98. The Morgan fingerprint density at radius 1 is 1.15 bits per heavy atom. The lowest BCUT2D eigenvalue weighted by Gasteiger charge is -2.57. The number of carbonyl (C=O) groups is 1. The Balaban J connectivity index is 1.61. The van der Waals surface area contributed by atoms with Crippen molar-refractivity contribution in [1.82, 2.24) is 0 Å². The normalized spacial score (nSPS) is 39.4. The molecule has 0 spiro atoms. The number of amides is 1. The molecular formula is C29H33FN2O2. The van der Waals surface area contributed by atoms with E-state index in [9.17, 15) is 19.6 Å². The highest BCUT2D eigenvalue weighted by Crippen LogP contribution is 2.67. The summed E-state index contributed by atoms with van der Waals surface area (Å²) in [4.78, 5) is 12.4. The first-order chi connectivity index (χ1) is 16.2. The molecule has 6 atom stereocenters. The fourth-order valence-corrected chi connectivity index (χ4v) is 7.93. The summed E-state index contributed by atoms with van der Waals surface area (Å²) in [6.45, 7) is 4.59. The molecule has 178 valence electrons. The smallest absolute Gasteiger partial charge is 0.259 e. The van der Waals surface area contributed by atoms with Crippen LogP contribution in [-0.4, -0.2) is 17.1 Å². The largest absolute Gasteiger partial charge is 0.393 e. The molecule has 0 aliphatic heterocycles. The minimum absolute atomic E-state index is 0.0656. The van der Waals surface area contributed by atoms with Crippen molar-refractivity contribution in [2.45, 2.75) is 64.9 Å². The van der Waals surface area contributed by atoms with E-state index >= 15 is 0 Å². The van der Waals surface area contributed by atoms with E-state index < -0.39 is 5.91 Å². The van der Waals surface area contributed by atoms with Gasteiger partial charge in [0.15, 0.2) is 0 Å². The minimum Gasteiger partial charge on any atom is -0.393 e. The van der Waals surface area contributed by atoms with Crippen molar-refractivity contribution >= 4 is 12.0 Å². The Labute approximate surface area is 201 Å². The highest BCUT2D eigenvalue weighted by atomic mass is 19.1. The number of hydrogen-bond donors (Lipinski definition) is 2. The number of aliphatic hydroxyl groups is 1. The Bertz CT molecular complexity index is 1160. The second kappa shape index (κ2) is 8.20. The van der Waals surface area contributed by atoms with Crippen LogP contribution in [0.25, 0.3) is 6.08 Å². The third-order valence-corrected chi connectivity index (χ3v) is 9.62. The zero-order valence-corrected chi connectivity index (χ0v) is 20.0. The van der Waals surface area contributed by atoms with Crippen LogP contribution in [0.2, 0.25) is 0 Å². The van der Waals surface area contributed by atoms with Crippen molar-refractivity contribution in [3.8, 4) is 6.07 Å². The first-order valence-corrected chi connectivity index (χ1v) is 12.5. The van der Waals surface area contributed by atoms with Crippen LogP contribution in [0.3, 0.4) is 0 Å². The molecular weight excluding hydrogens is 427 g/mol. The summed E-state index contributed by atoms with van der Waals surface area (Å²) >= 11 is 0. The maximum Gasteiger partial charge on any atom is 0.259 e. The van der Waals surface area contributed by atoms with Crippen LogP contribution in [-0.2, 0) is 4.79 Å². The van der Waals surface area contributed by atoms with E-state index in [1.165, 1.54) is 17.7 Å². The summed E-state index contributed by atoms with van der Waals surface area (Å²) in [5, 5.41) is 20.2. The van der Waals surface area contributed by atoms with Gasteiger partial charge >= 0.3 is 0 Å². The number of nitriles is 1. The first-order valence-electron chi connectivity index (χ1n) is 12.5. The molecule has 5 rings (SSSR count). The summed E-state index contributed by atoms with van der Waals surface area (Å²) in [6.07, 6.45) is 10.5. The first kappa shape index (κ1) is 23.1. The predicted molar refractivity (Wildman–Crippen MR) is 129 cm³/mol. The zero-order valence-electron chi connectivity index (χ0n) is 20.0.